The summed E-state index contributed by atoms with van der Waals surface area (Å²) in [5.41, 5.74) is 4.26. The molecule has 0 radical (unpaired) electrons. The molecule has 98 valence electrons. The topological polar surface area (TPSA) is 32.3 Å². The van der Waals surface area contributed by atoms with Gasteiger partial charge in [0.25, 0.3) is 0 Å². The molecule has 0 aromatic heterocycles. The van der Waals surface area contributed by atoms with E-state index in [1.807, 2.05) is 0 Å². The molecule has 0 saturated carbocycles. The van der Waals surface area contributed by atoms with Crippen molar-refractivity contribution in [2.24, 2.45) is 0 Å². The molecule has 1 amide bonds. The fraction of sp³-hybridized carbons (Fsp3) is 0.533. The fourth-order valence-corrected chi connectivity index (χ4v) is 2.38. The van der Waals surface area contributed by atoms with Gasteiger partial charge >= 0.3 is 0 Å². The van der Waals surface area contributed by atoms with Gasteiger partial charge in [-0.25, -0.2) is 0 Å². The molecule has 1 aromatic carbocycles. The summed E-state index contributed by atoms with van der Waals surface area (Å²) in [7, 11) is 3.56. The molecule has 1 aliphatic carbocycles. The summed E-state index contributed by atoms with van der Waals surface area (Å²) in [5, 5.41) is 3.28. The van der Waals surface area contributed by atoms with Crippen LogP contribution >= 0.6 is 0 Å². The summed E-state index contributed by atoms with van der Waals surface area (Å²) in [5.74, 6) is 0.114. The van der Waals surface area contributed by atoms with Gasteiger partial charge in [-0.3, -0.25) is 4.79 Å². The van der Waals surface area contributed by atoms with E-state index in [4.69, 9.17) is 0 Å². The molecule has 1 N–H and O–H groups in total. The Morgan fingerprint density at radius 2 is 2.06 bits per heavy atom. The summed E-state index contributed by atoms with van der Waals surface area (Å²) in [6, 6.07) is 6.94. The van der Waals surface area contributed by atoms with Crippen molar-refractivity contribution in [1.82, 2.24) is 10.2 Å². The van der Waals surface area contributed by atoms with Crippen molar-refractivity contribution in [3.63, 3.8) is 0 Å². The van der Waals surface area contributed by atoms with E-state index in [9.17, 15) is 4.79 Å². The summed E-state index contributed by atoms with van der Waals surface area (Å²) < 4.78 is 0. The quantitative estimate of drug-likeness (QED) is 0.880. The third-order valence-corrected chi connectivity index (χ3v) is 3.68. The standard InChI is InChI=1S/C15H22N2O/c1-11(16-10-15(18)17(2)3)13-8-7-12-5-4-6-14(12)9-13/h7-9,11,16H,4-6,10H2,1-3H3. The first-order valence-corrected chi connectivity index (χ1v) is 6.63. The van der Waals surface area contributed by atoms with E-state index in [2.05, 4.69) is 30.4 Å². The van der Waals surface area contributed by atoms with E-state index >= 15 is 0 Å². The number of hydrogen-bond acceptors (Lipinski definition) is 2. The average molecular weight is 246 g/mol. The minimum Gasteiger partial charge on any atom is -0.348 e. The molecule has 0 fully saturated rings. The van der Waals surface area contributed by atoms with Gasteiger partial charge in [-0.15, -0.1) is 0 Å². The summed E-state index contributed by atoms with van der Waals surface area (Å²) in [4.78, 5) is 13.1. The minimum atomic E-state index is 0.114. The predicted molar refractivity (Wildman–Crippen MR) is 73.6 cm³/mol. The number of likely N-dealkylation sites (N-methyl/N-ethyl adjacent to an activating group) is 1. The van der Waals surface area contributed by atoms with E-state index in [0.29, 0.717) is 6.54 Å². The normalized spacial score (nSPS) is 15.3. The van der Waals surface area contributed by atoms with Crippen molar-refractivity contribution in [2.45, 2.75) is 32.2 Å². The average Bonchev–Trinajstić information content (AvgIpc) is 2.82. The number of carbonyl (C=O) groups excluding carboxylic acids is 1. The number of carbonyl (C=O) groups is 1. The summed E-state index contributed by atoms with van der Waals surface area (Å²) in [6.45, 7) is 2.50. The molecule has 0 heterocycles. The predicted octanol–water partition coefficient (Wildman–Crippen LogP) is 1.91. The second-order valence-corrected chi connectivity index (χ2v) is 5.27. The molecule has 0 spiro atoms. The summed E-state index contributed by atoms with van der Waals surface area (Å²) >= 11 is 0. The lowest BCUT2D eigenvalue weighted by Gasteiger charge is -2.17. The number of benzene rings is 1. The van der Waals surface area contributed by atoms with Gasteiger partial charge in [0, 0.05) is 20.1 Å². The van der Waals surface area contributed by atoms with Gasteiger partial charge < -0.3 is 10.2 Å². The van der Waals surface area contributed by atoms with E-state index in [-0.39, 0.29) is 11.9 Å². The molecular formula is C15H22N2O. The van der Waals surface area contributed by atoms with Gasteiger partial charge in [0.05, 0.1) is 6.54 Å². The third-order valence-electron chi connectivity index (χ3n) is 3.68. The summed E-state index contributed by atoms with van der Waals surface area (Å²) in [6.07, 6.45) is 3.70. The Hall–Kier alpha value is -1.35. The van der Waals surface area contributed by atoms with Crippen molar-refractivity contribution in [1.29, 1.82) is 0 Å². The van der Waals surface area contributed by atoms with Gasteiger partial charge in [0.2, 0.25) is 5.91 Å². The van der Waals surface area contributed by atoms with Crippen LogP contribution in [0.1, 0.15) is 36.1 Å². The van der Waals surface area contributed by atoms with Crippen LogP contribution in [0.5, 0.6) is 0 Å². The number of hydrogen-bond donors (Lipinski definition) is 1. The Morgan fingerprint density at radius 1 is 1.33 bits per heavy atom. The van der Waals surface area contributed by atoms with Crippen molar-refractivity contribution >= 4 is 5.91 Å². The highest BCUT2D eigenvalue weighted by atomic mass is 16.2. The second-order valence-electron chi connectivity index (χ2n) is 5.27. The highest BCUT2D eigenvalue weighted by Crippen LogP contribution is 2.25. The molecule has 1 aromatic rings. The first-order chi connectivity index (χ1) is 8.58. The maximum Gasteiger partial charge on any atom is 0.236 e. The van der Waals surface area contributed by atoms with Crippen LogP contribution in [0.25, 0.3) is 0 Å². The molecule has 2 rings (SSSR count). The highest BCUT2D eigenvalue weighted by Gasteiger charge is 2.14. The van der Waals surface area contributed by atoms with Crippen LogP contribution in [0.3, 0.4) is 0 Å². The first kappa shape index (κ1) is 13.1. The zero-order chi connectivity index (χ0) is 13.1. The smallest absolute Gasteiger partial charge is 0.236 e. The molecule has 0 aliphatic heterocycles. The monoisotopic (exact) mass is 246 g/mol. The Labute approximate surface area is 109 Å². The van der Waals surface area contributed by atoms with Crippen LogP contribution in [-0.2, 0) is 17.6 Å². The second kappa shape index (κ2) is 5.53. The SMILES string of the molecule is CC(NCC(=O)N(C)C)c1ccc2c(c1)CCC2. The van der Waals surface area contributed by atoms with Crippen LogP contribution in [0.15, 0.2) is 18.2 Å². The first-order valence-electron chi connectivity index (χ1n) is 6.63. The Morgan fingerprint density at radius 3 is 2.78 bits per heavy atom. The lowest BCUT2D eigenvalue weighted by Crippen LogP contribution is -2.34. The van der Waals surface area contributed by atoms with Gasteiger partial charge in [0.1, 0.15) is 0 Å². The van der Waals surface area contributed by atoms with Crippen LogP contribution < -0.4 is 5.32 Å². The maximum absolute atomic E-state index is 11.5. The third kappa shape index (κ3) is 2.91. The number of fused-ring (bicyclic) bond motifs is 1. The van der Waals surface area contributed by atoms with Crippen molar-refractivity contribution in [2.75, 3.05) is 20.6 Å². The number of nitrogens with one attached hydrogen (secondary N) is 1. The van der Waals surface area contributed by atoms with Crippen LogP contribution in [0.2, 0.25) is 0 Å². The van der Waals surface area contributed by atoms with Crippen LogP contribution in [0, 0.1) is 0 Å². The number of aryl methyl sites for hydroxylation is 2. The molecule has 18 heavy (non-hydrogen) atoms. The molecule has 3 heteroatoms. The van der Waals surface area contributed by atoms with Crippen LogP contribution in [0.4, 0.5) is 0 Å². The van der Waals surface area contributed by atoms with E-state index in [0.717, 1.165) is 0 Å². The van der Waals surface area contributed by atoms with E-state index in [1.54, 1.807) is 19.0 Å². The maximum atomic E-state index is 11.5. The van der Waals surface area contributed by atoms with Crippen molar-refractivity contribution < 1.29 is 4.79 Å². The van der Waals surface area contributed by atoms with Gasteiger partial charge in [0.15, 0.2) is 0 Å². The molecule has 1 unspecified atom stereocenters. The largest absolute Gasteiger partial charge is 0.348 e. The van der Waals surface area contributed by atoms with E-state index < -0.39 is 0 Å². The zero-order valence-corrected chi connectivity index (χ0v) is 11.5. The number of rotatable bonds is 4. The van der Waals surface area contributed by atoms with Crippen LogP contribution in [-0.4, -0.2) is 31.4 Å². The van der Waals surface area contributed by atoms with Gasteiger partial charge in [-0.1, -0.05) is 18.2 Å². The minimum absolute atomic E-state index is 0.114. The van der Waals surface area contributed by atoms with Gasteiger partial charge in [-0.2, -0.15) is 0 Å². The molecule has 1 aliphatic rings. The lowest BCUT2D eigenvalue weighted by atomic mass is 10.0. The molecule has 0 bridgehead atoms. The molecule has 0 saturated heterocycles. The number of nitrogens with zero attached hydrogens (tertiary/aromatic N) is 1. The van der Waals surface area contributed by atoms with Crippen molar-refractivity contribution in [3.8, 4) is 0 Å². The Bertz CT molecular complexity index is 440. The lowest BCUT2D eigenvalue weighted by molar-refractivity contribution is -0.127. The molecular weight excluding hydrogens is 224 g/mol. The van der Waals surface area contributed by atoms with E-state index in [1.165, 1.54) is 36.0 Å². The highest BCUT2D eigenvalue weighted by molar-refractivity contribution is 5.77. The Balaban J connectivity index is 1.97. The van der Waals surface area contributed by atoms with Gasteiger partial charge in [-0.05, 0) is 42.9 Å². The molecule has 3 nitrogen and oxygen atoms in total. The zero-order valence-electron chi connectivity index (χ0n) is 11.5. The fourth-order valence-electron chi connectivity index (χ4n) is 2.38. The number of amides is 1. The van der Waals surface area contributed by atoms with Crippen molar-refractivity contribution in [3.05, 3.63) is 34.9 Å². The molecule has 1 atom stereocenters. The Kier molecular flexibility index (Phi) is 4.02.